The molecule has 1 aromatic carbocycles. The van der Waals surface area contributed by atoms with E-state index in [1.165, 1.54) is 6.92 Å². The fraction of sp³-hybridized carbons (Fsp3) is 0.655. The van der Waals surface area contributed by atoms with Crippen LogP contribution in [0, 0.1) is 11.3 Å². The summed E-state index contributed by atoms with van der Waals surface area (Å²) in [5.74, 6) is -0.830. The Labute approximate surface area is 237 Å². The molecule has 1 aliphatic rings. The summed E-state index contributed by atoms with van der Waals surface area (Å²) in [4.78, 5) is 51.1. The number of ether oxygens (including phenoxy) is 1. The normalized spacial score (nSPS) is 19.8. The maximum Gasteiger partial charge on any atom is 0.315 e. The molecule has 3 N–H and O–H groups in total. The predicted molar refractivity (Wildman–Crippen MR) is 150 cm³/mol. The van der Waals surface area contributed by atoms with Crippen molar-refractivity contribution in [2.75, 3.05) is 19.6 Å². The number of likely N-dealkylation sites (tertiary alicyclic amines) is 1. The first-order valence-corrected chi connectivity index (χ1v) is 13.9. The molecule has 1 fully saturated rings. The van der Waals surface area contributed by atoms with Gasteiger partial charge in [0.05, 0.1) is 12.1 Å². The molecule has 10 heteroatoms. The van der Waals surface area contributed by atoms with Gasteiger partial charge in [-0.3, -0.25) is 9.59 Å². The molecular formula is C29H44ClN3O6. The van der Waals surface area contributed by atoms with Gasteiger partial charge in [-0.15, -0.1) is 0 Å². The number of ketones is 1. The number of Topliss-reactive ketones (excluding diaryl/α,β-unsaturated/α-hetero) is 1. The summed E-state index contributed by atoms with van der Waals surface area (Å²) in [6, 6.07) is 5.80. The van der Waals surface area contributed by atoms with Crippen LogP contribution >= 0.6 is 11.6 Å². The predicted octanol–water partition coefficient (Wildman–Crippen LogP) is 4.19. The zero-order valence-electron chi connectivity index (χ0n) is 24.2. The lowest BCUT2D eigenvalue weighted by molar-refractivity contribution is -0.156. The van der Waals surface area contributed by atoms with Crippen LogP contribution in [0.3, 0.4) is 0 Å². The van der Waals surface area contributed by atoms with E-state index < -0.39 is 34.7 Å². The zero-order valence-corrected chi connectivity index (χ0v) is 25.0. The third-order valence-electron chi connectivity index (χ3n) is 7.28. The number of esters is 1. The molecule has 0 bridgehead atoms. The van der Waals surface area contributed by atoms with E-state index in [-0.39, 0.29) is 30.6 Å². The van der Waals surface area contributed by atoms with E-state index in [9.17, 15) is 24.3 Å². The number of carbonyl (C=O) groups is 4. The van der Waals surface area contributed by atoms with Gasteiger partial charge in [0.25, 0.3) is 0 Å². The number of piperidine rings is 1. The molecule has 0 radical (unpaired) electrons. The molecule has 0 aromatic heterocycles. The number of aliphatic hydroxyl groups is 1. The average molecular weight is 566 g/mol. The molecule has 0 aliphatic carbocycles. The van der Waals surface area contributed by atoms with Gasteiger partial charge in [0, 0.05) is 36.4 Å². The highest BCUT2D eigenvalue weighted by Crippen LogP contribution is 2.46. The minimum Gasteiger partial charge on any atom is -0.458 e. The van der Waals surface area contributed by atoms with Gasteiger partial charge in [0.1, 0.15) is 17.4 Å². The molecule has 1 saturated heterocycles. The van der Waals surface area contributed by atoms with E-state index in [0.29, 0.717) is 37.4 Å². The largest absolute Gasteiger partial charge is 0.458 e. The van der Waals surface area contributed by atoms with Gasteiger partial charge in [-0.05, 0) is 57.2 Å². The number of nitrogens with zero attached hydrogens (tertiary/aromatic N) is 1. The summed E-state index contributed by atoms with van der Waals surface area (Å²) in [7, 11) is 0. The maximum absolute atomic E-state index is 13.5. The van der Waals surface area contributed by atoms with Crippen molar-refractivity contribution in [1.82, 2.24) is 15.5 Å². The van der Waals surface area contributed by atoms with Crippen LogP contribution in [0.1, 0.15) is 79.7 Å². The number of amides is 3. The van der Waals surface area contributed by atoms with Crippen molar-refractivity contribution in [2.45, 2.75) is 91.4 Å². The SMILES string of the molecule is CC(=O)CCCC(=O)OC(C)(C)CNC(=O)N[C@@H](C(=O)N1CC[C@](O)(c2ccc(Cl)cc2)C(C)(C)C1)C(C)C. The number of rotatable bonds is 11. The minimum absolute atomic E-state index is 0.0139. The molecule has 0 unspecified atom stereocenters. The van der Waals surface area contributed by atoms with Crippen molar-refractivity contribution in [3.8, 4) is 0 Å². The quantitative estimate of drug-likeness (QED) is 0.345. The van der Waals surface area contributed by atoms with Crippen LogP contribution in [0.15, 0.2) is 24.3 Å². The van der Waals surface area contributed by atoms with E-state index >= 15 is 0 Å². The van der Waals surface area contributed by atoms with Crippen LogP contribution in [0.4, 0.5) is 4.79 Å². The van der Waals surface area contributed by atoms with Gasteiger partial charge in [-0.1, -0.05) is 51.4 Å². The van der Waals surface area contributed by atoms with Gasteiger partial charge in [0.15, 0.2) is 0 Å². The summed E-state index contributed by atoms with van der Waals surface area (Å²) in [5.41, 5.74) is -2.01. The highest BCUT2D eigenvalue weighted by molar-refractivity contribution is 6.30. The number of hydrogen-bond donors (Lipinski definition) is 3. The van der Waals surface area contributed by atoms with Crippen molar-refractivity contribution < 1.29 is 29.0 Å². The number of urea groups is 1. The van der Waals surface area contributed by atoms with Crippen LogP contribution in [-0.2, 0) is 24.7 Å². The van der Waals surface area contributed by atoms with Gasteiger partial charge < -0.3 is 30.2 Å². The summed E-state index contributed by atoms with van der Waals surface area (Å²) in [6.07, 6.45) is 1.20. The van der Waals surface area contributed by atoms with Crippen molar-refractivity contribution in [3.05, 3.63) is 34.9 Å². The van der Waals surface area contributed by atoms with E-state index in [1.54, 1.807) is 30.9 Å². The molecule has 1 aromatic rings. The standard InChI is InChI=1S/C29H44ClN3O6/c1-19(2)24(32-26(37)31-17-28(6,7)39-23(35)10-8-9-20(3)34)25(36)33-16-15-29(38,27(4,5)18-33)21-11-13-22(30)14-12-21/h11-14,19,24,38H,8-10,15-18H2,1-7H3,(H2,31,32,37)/t24-,29+/m1/s1. The van der Waals surface area contributed by atoms with Gasteiger partial charge in [0.2, 0.25) is 5.91 Å². The van der Waals surface area contributed by atoms with E-state index in [0.717, 1.165) is 5.56 Å². The van der Waals surface area contributed by atoms with Gasteiger partial charge in [-0.25, -0.2) is 4.79 Å². The Kier molecular flexibility index (Phi) is 11.0. The van der Waals surface area contributed by atoms with Gasteiger partial charge in [-0.2, -0.15) is 0 Å². The first-order chi connectivity index (χ1) is 18.0. The molecule has 9 nitrogen and oxygen atoms in total. The number of hydrogen-bond acceptors (Lipinski definition) is 6. The topological polar surface area (TPSA) is 125 Å². The lowest BCUT2D eigenvalue weighted by Crippen LogP contribution is -2.61. The van der Waals surface area contributed by atoms with Crippen LogP contribution in [-0.4, -0.2) is 65.0 Å². The highest BCUT2D eigenvalue weighted by atomic mass is 35.5. The van der Waals surface area contributed by atoms with Crippen LogP contribution in [0.25, 0.3) is 0 Å². The van der Waals surface area contributed by atoms with Crippen molar-refractivity contribution in [3.63, 3.8) is 0 Å². The van der Waals surface area contributed by atoms with Crippen molar-refractivity contribution >= 4 is 35.3 Å². The van der Waals surface area contributed by atoms with Crippen molar-refractivity contribution in [2.24, 2.45) is 11.3 Å². The Hall–Kier alpha value is -2.65. The Bertz CT molecular complexity index is 1040. The van der Waals surface area contributed by atoms with Crippen LogP contribution in [0.2, 0.25) is 5.02 Å². The first kappa shape index (κ1) is 32.6. The molecule has 0 spiro atoms. The fourth-order valence-corrected chi connectivity index (χ4v) is 4.97. The summed E-state index contributed by atoms with van der Waals surface area (Å²) < 4.78 is 5.45. The van der Waals surface area contributed by atoms with Crippen molar-refractivity contribution in [1.29, 1.82) is 0 Å². The second-order valence-electron chi connectivity index (χ2n) is 12.1. The second-order valence-corrected chi connectivity index (χ2v) is 12.5. The molecule has 1 heterocycles. The summed E-state index contributed by atoms with van der Waals surface area (Å²) in [6.45, 7) is 13.1. The highest BCUT2D eigenvalue weighted by Gasteiger charge is 2.50. The minimum atomic E-state index is -1.14. The molecule has 0 saturated carbocycles. The maximum atomic E-state index is 13.5. The molecule has 2 rings (SSSR count). The zero-order chi connectivity index (χ0) is 29.6. The van der Waals surface area contributed by atoms with E-state index in [4.69, 9.17) is 16.3 Å². The number of halogens is 1. The summed E-state index contributed by atoms with van der Waals surface area (Å²) >= 11 is 6.03. The molecule has 218 valence electrons. The van der Waals surface area contributed by atoms with Crippen LogP contribution in [0.5, 0.6) is 0 Å². The fourth-order valence-electron chi connectivity index (χ4n) is 4.84. The number of nitrogens with one attached hydrogen (secondary N) is 2. The third-order valence-corrected chi connectivity index (χ3v) is 7.53. The molecular weight excluding hydrogens is 522 g/mol. The Morgan fingerprint density at radius 1 is 1.13 bits per heavy atom. The molecule has 39 heavy (non-hydrogen) atoms. The van der Waals surface area contributed by atoms with E-state index in [2.05, 4.69) is 10.6 Å². The first-order valence-electron chi connectivity index (χ1n) is 13.5. The summed E-state index contributed by atoms with van der Waals surface area (Å²) in [5, 5.41) is 17.7. The lowest BCUT2D eigenvalue weighted by Gasteiger charge is -2.51. The smallest absolute Gasteiger partial charge is 0.315 e. The molecule has 1 aliphatic heterocycles. The molecule has 2 atom stereocenters. The molecule has 3 amide bonds. The average Bonchev–Trinajstić information content (AvgIpc) is 2.82. The third kappa shape index (κ3) is 8.93. The second kappa shape index (κ2) is 13.1. The Balaban J connectivity index is 1.98. The van der Waals surface area contributed by atoms with Gasteiger partial charge >= 0.3 is 12.0 Å². The number of carbonyl (C=O) groups excluding carboxylic acids is 4. The lowest BCUT2D eigenvalue weighted by atomic mass is 9.66. The Morgan fingerprint density at radius 2 is 1.74 bits per heavy atom. The van der Waals surface area contributed by atoms with E-state index in [1.807, 2.05) is 39.8 Å². The monoisotopic (exact) mass is 565 g/mol. The van der Waals surface area contributed by atoms with Crippen LogP contribution < -0.4 is 10.6 Å². The Morgan fingerprint density at radius 3 is 2.28 bits per heavy atom. The number of benzene rings is 1.